The van der Waals surface area contributed by atoms with E-state index < -0.39 is 6.61 Å². The minimum Gasteiger partial charge on any atom is -0.493 e. The van der Waals surface area contributed by atoms with E-state index in [1.165, 1.54) is 5.56 Å². The van der Waals surface area contributed by atoms with Gasteiger partial charge in [-0.2, -0.15) is 8.78 Å². The molecule has 0 bridgehead atoms. The Morgan fingerprint density at radius 3 is 2.52 bits per heavy atom. The minimum absolute atomic E-state index is 0.164. The van der Waals surface area contributed by atoms with Gasteiger partial charge in [0.05, 0.1) is 6.61 Å². The molecule has 0 saturated carbocycles. The third-order valence-corrected chi connectivity index (χ3v) is 4.37. The van der Waals surface area contributed by atoms with Crippen LogP contribution in [0.3, 0.4) is 0 Å². The molecule has 0 aliphatic carbocycles. The van der Waals surface area contributed by atoms with Crippen LogP contribution in [0.5, 0.6) is 11.5 Å². The number of likely N-dealkylation sites (N-methyl/N-ethyl adjacent to an activating group) is 1. The molecule has 3 aromatic rings. The van der Waals surface area contributed by atoms with E-state index in [-0.39, 0.29) is 5.75 Å². The van der Waals surface area contributed by atoms with Crippen LogP contribution in [-0.2, 0) is 12.8 Å². The molecule has 1 N–H and O–H groups in total. The predicted octanol–water partition coefficient (Wildman–Crippen LogP) is 4.49. The average molecular weight is 374 g/mol. The number of rotatable bonds is 9. The molecule has 3 rings (SSSR count). The second-order valence-electron chi connectivity index (χ2n) is 6.67. The number of H-pyrrole nitrogens is 1. The molecule has 6 heteroatoms. The third-order valence-electron chi connectivity index (χ3n) is 4.37. The van der Waals surface area contributed by atoms with Crippen LogP contribution in [-0.4, -0.2) is 43.7 Å². The van der Waals surface area contributed by atoms with E-state index in [2.05, 4.69) is 28.7 Å². The largest absolute Gasteiger partial charge is 0.493 e. The molecule has 4 nitrogen and oxygen atoms in total. The first kappa shape index (κ1) is 19.2. The normalized spacial score (nSPS) is 11.5. The number of nitrogens with one attached hydrogen (secondary N) is 1. The fourth-order valence-electron chi connectivity index (χ4n) is 3.00. The minimum atomic E-state index is -2.80. The van der Waals surface area contributed by atoms with Gasteiger partial charge in [-0.05, 0) is 55.9 Å². The number of nitrogens with zero attached hydrogens (tertiary/aromatic N) is 1. The van der Waals surface area contributed by atoms with Crippen LogP contribution in [0, 0.1) is 0 Å². The van der Waals surface area contributed by atoms with Gasteiger partial charge in [0.25, 0.3) is 0 Å². The number of ether oxygens (including phenoxy) is 2. The summed E-state index contributed by atoms with van der Waals surface area (Å²) in [5.41, 5.74) is 3.31. The van der Waals surface area contributed by atoms with Crippen LogP contribution in [0.2, 0.25) is 0 Å². The summed E-state index contributed by atoms with van der Waals surface area (Å²) >= 11 is 0. The van der Waals surface area contributed by atoms with Gasteiger partial charge in [-0.15, -0.1) is 0 Å². The molecule has 2 aromatic carbocycles. The SMILES string of the molecule is CN(C)CCc1c[nH]c2cccc(OCCc3ccc(OC(F)F)cc3)c12. The number of aromatic nitrogens is 1. The van der Waals surface area contributed by atoms with Gasteiger partial charge in [0.1, 0.15) is 11.5 Å². The van der Waals surface area contributed by atoms with Crippen LogP contribution in [0.1, 0.15) is 11.1 Å². The lowest BCUT2D eigenvalue weighted by Crippen LogP contribution is -2.14. The highest BCUT2D eigenvalue weighted by Crippen LogP contribution is 2.29. The van der Waals surface area contributed by atoms with Crippen molar-refractivity contribution in [3.8, 4) is 11.5 Å². The van der Waals surface area contributed by atoms with Crippen molar-refractivity contribution >= 4 is 10.9 Å². The van der Waals surface area contributed by atoms with E-state index in [4.69, 9.17) is 4.74 Å². The molecule has 27 heavy (non-hydrogen) atoms. The van der Waals surface area contributed by atoms with Crippen molar-refractivity contribution in [3.05, 3.63) is 59.8 Å². The smallest absolute Gasteiger partial charge is 0.387 e. The van der Waals surface area contributed by atoms with E-state index in [0.29, 0.717) is 13.0 Å². The number of hydrogen-bond acceptors (Lipinski definition) is 3. The molecular weight excluding hydrogens is 350 g/mol. The Morgan fingerprint density at radius 2 is 1.81 bits per heavy atom. The molecule has 0 spiro atoms. The molecule has 0 amide bonds. The average Bonchev–Trinajstić information content (AvgIpc) is 3.05. The summed E-state index contributed by atoms with van der Waals surface area (Å²) in [6.45, 7) is -1.33. The molecule has 0 aliphatic heterocycles. The zero-order chi connectivity index (χ0) is 19.2. The molecular formula is C21H24F2N2O2. The first-order valence-electron chi connectivity index (χ1n) is 8.93. The Balaban J connectivity index is 1.63. The maximum Gasteiger partial charge on any atom is 0.387 e. The zero-order valence-corrected chi connectivity index (χ0v) is 15.5. The molecule has 0 unspecified atom stereocenters. The van der Waals surface area contributed by atoms with E-state index in [9.17, 15) is 8.78 Å². The summed E-state index contributed by atoms with van der Waals surface area (Å²) in [5.74, 6) is 1.03. The Bertz CT molecular complexity index is 860. The van der Waals surface area contributed by atoms with Crippen molar-refractivity contribution in [1.82, 2.24) is 9.88 Å². The van der Waals surface area contributed by atoms with Gasteiger partial charge in [0.15, 0.2) is 0 Å². The number of hydrogen-bond donors (Lipinski definition) is 1. The number of alkyl halides is 2. The number of benzene rings is 2. The molecule has 0 saturated heterocycles. The van der Waals surface area contributed by atoms with Crippen molar-refractivity contribution in [2.45, 2.75) is 19.5 Å². The summed E-state index contributed by atoms with van der Waals surface area (Å²) in [7, 11) is 4.12. The van der Waals surface area contributed by atoms with Crippen molar-refractivity contribution in [1.29, 1.82) is 0 Å². The van der Waals surface area contributed by atoms with Gasteiger partial charge >= 0.3 is 6.61 Å². The van der Waals surface area contributed by atoms with E-state index in [1.807, 2.05) is 24.4 Å². The monoisotopic (exact) mass is 374 g/mol. The lowest BCUT2D eigenvalue weighted by atomic mass is 10.1. The zero-order valence-electron chi connectivity index (χ0n) is 15.5. The van der Waals surface area contributed by atoms with Crippen LogP contribution in [0.25, 0.3) is 10.9 Å². The maximum absolute atomic E-state index is 12.2. The quantitative estimate of drug-likeness (QED) is 0.599. The molecule has 0 radical (unpaired) electrons. The summed E-state index contributed by atoms with van der Waals surface area (Å²) in [4.78, 5) is 5.46. The fourth-order valence-corrected chi connectivity index (χ4v) is 3.00. The van der Waals surface area contributed by atoms with Gasteiger partial charge in [-0.3, -0.25) is 0 Å². The van der Waals surface area contributed by atoms with Gasteiger partial charge in [0.2, 0.25) is 0 Å². The Labute approximate surface area is 157 Å². The fraction of sp³-hybridized carbons (Fsp3) is 0.333. The summed E-state index contributed by atoms with van der Waals surface area (Å²) in [6.07, 6.45) is 3.67. The predicted molar refractivity (Wildman–Crippen MR) is 103 cm³/mol. The van der Waals surface area contributed by atoms with E-state index >= 15 is 0 Å². The highest BCUT2D eigenvalue weighted by Gasteiger charge is 2.10. The van der Waals surface area contributed by atoms with Crippen LogP contribution in [0.15, 0.2) is 48.7 Å². The molecule has 1 heterocycles. The molecule has 144 valence electrons. The lowest BCUT2D eigenvalue weighted by molar-refractivity contribution is -0.0498. The Hall–Kier alpha value is -2.60. The molecule has 1 aromatic heterocycles. The van der Waals surface area contributed by atoms with Crippen LogP contribution in [0.4, 0.5) is 8.78 Å². The van der Waals surface area contributed by atoms with Gasteiger partial charge < -0.3 is 19.4 Å². The third kappa shape index (κ3) is 5.20. The van der Waals surface area contributed by atoms with Gasteiger partial charge in [-0.25, -0.2) is 0 Å². The number of fused-ring (bicyclic) bond motifs is 1. The van der Waals surface area contributed by atoms with Gasteiger partial charge in [0, 0.05) is 30.1 Å². The molecule has 0 fully saturated rings. The first-order chi connectivity index (χ1) is 13.0. The van der Waals surface area contributed by atoms with Crippen LogP contribution < -0.4 is 9.47 Å². The second-order valence-corrected chi connectivity index (χ2v) is 6.67. The highest BCUT2D eigenvalue weighted by molar-refractivity contribution is 5.89. The van der Waals surface area contributed by atoms with Crippen molar-refractivity contribution in [2.24, 2.45) is 0 Å². The summed E-state index contributed by atoms with van der Waals surface area (Å²) < 4.78 is 34.8. The van der Waals surface area contributed by atoms with Crippen molar-refractivity contribution in [3.63, 3.8) is 0 Å². The first-order valence-corrected chi connectivity index (χ1v) is 8.93. The Kier molecular flexibility index (Phi) is 6.29. The van der Waals surface area contributed by atoms with E-state index in [0.717, 1.165) is 35.2 Å². The number of halogens is 2. The number of aromatic amines is 1. The van der Waals surface area contributed by atoms with Crippen LogP contribution >= 0.6 is 0 Å². The van der Waals surface area contributed by atoms with Crippen molar-refractivity contribution in [2.75, 3.05) is 27.2 Å². The maximum atomic E-state index is 12.2. The van der Waals surface area contributed by atoms with E-state index in [1.54, 1.807) is 24.3 Å². The van der Waals surface area contributed by atoms with Crippen molar-refractivity contribution < 1.29 is 18.3 Å². The highest BCUT2D eigenvalue weighted by atomic mass is 19.3. The lowest BCUT2D eigenvalue weighted by Gasteiger charge is -2.11. The summed E-state index contributed by atoms with van der Waals surface area (Å²) in [6, 6.07) is 12.7. The topological polar surface area (TPSA) is 37.5 Å². The second kappa shape index (κ2) is 8.86. The molecule has 0 atom stereocenters. The van der Waals surface area contributed by atoms with Gasteiger partial charge in [-0.1, -0.05) is 18.2 Å². The Morgan fingerprint density at radius 1 is 1.04 bits per heavy atom. The summed E-state index contributed by atoms with van der Waals surface area (Å²) in [5, 5.41) is 1.13. The molecule has 0 aliphatic rings. The standard InChI is InChI=1S/C21H24F2N2O2/c1-25(2)12-10-16-14-24-18-4-3-5-19(20(16)18)26-13-11-15-6-8-17(9-7-15)27-21(22)23/h3-9,14,21,24H,10-13H2,1-2H3.